The first-order valence-electron chi connectivity index (χ1n) is 5.42. The van der Waals surface area contributed by atoms with Crippen LogP contribution in [0.1, 0.15) is 39.5 Å². The number of rotatable bonds is 7. The van der Waals surface area contributed by atoms with Gasteiger partial charge in [-0.15, -0.1) is 0 Å². The van der Waals surface area contributed by atoms with E-state index in [0.717, 1.165) is 12.8 Å². The number of carboxylic acids is 1. The number of hydrogen-bond acceptors (Lipinski definition) is 3. The molecule has 0 spiro atoms. The van der Waals surface area contributed by atoms with Crippen molar-refractivity contribution in [3.05, 3.63) is 0 Å². The minimum absolute atomic E-state index is 0.0396. The number of carboxylic acid groups (broad SMARTS) is 1. The lowest BCUT2D eigenvalue weighted by atomic mass is 9.95. The summed E-state index contributed by atoms with van der Waals surface area (Å²) in [5.74, 6) is -0.694. The molecule has 2 atom stereocenters. The van der Waals surface area contributed by atoms with E-state index in [1.54, 1.807) is 6.92 Å². The van der Waals surface area contributed by atoms with Gasteiger partial charge in [-0.1, -0.05) is 20.3 Å². The van der Waals surface area contributed by atoms with Crippen LogP contribution in [0.3, 0.4) is 0 Å². The molecule has 0 aromatic rings. The van der Waals surface area contributed by atoms with Gasteiger partial charge < -0.3 is 10.8 Å². The van der Waals surface area contributed by atoms with Gasteiger partial charge in [0.25, 0.3) is 0 Å². The van der Waals surface area contributed by atoms with Gasteiger partial charge in [-0.2, -0.15) is 0 Å². The van der Waals surface area contributed by atoms with Crippen LogP contribution in [0.5, 0.6) is 0 Å². The van der Waals surface area contributed by atoms with Gasteiger partial charge >= 0.3 is 5.97 Å². The topological polar surface area (TPSA) is 106 Å². The number of hydrogen-bond donors (Lipinski definition) is 3. The van der Waals surface area contributed by atoms with Crippen molar-refractivity contribution < 1.29 is 14.1 Å². The molecule has 5 nitrogen and oxygen atoms in total. The summed E-state index contributed by atoms with van der Waals surface area (Å²) in [5, 5.41) is 15.9. The van der Waals surface area contributed by atoms with Gasteiger partial charge in [-0.25, -0.2) is 0 Å². The van der Waals surface area contributed by atoms with E-state index in [9.17, 15) is 9.00 Å². The quantitative estimate of drug-likeness (QED) is 0.566. The van der Waals surface area contributed by atoms with Crippen molar-refractivity contribution >= 4 is 21.0 Å². The Bertz CT molecular complexity index is 348. The molecule has 0 radical (unpaired) electrons. The summed E-state index contributed by atoms with van der Waals surface area (Å²) in [6, 6.07) is 0. The highest BCUT2D eigenvalue weighted by Crippen LogP contribution is 2.10. The first-order valence-corrected chi connectivity index (χ1v) is 7.28. The third kappa shape index (κ3) is 4.96. The molecule has 0 amide bonds. The van der Waals surface area contributed by atoms with Crippen LogP contribution in [-0.4, -0.2) is 31.9 Å². The molecule has 0 aliphatic carbocycles. The average molecular weight is 250 g/mol. The molecule has 0 fully saturated rings. The Morgan fingerprint density at radius 3 is 2.44 bits per heavy atom. The zero-order chi connectivity index (χ0) is 12.8. The van der Waals surface area contributed by atoms with Crippen LogP contribution in [0.25, 0.3) is 0 Å². The van der Waals surface area contributed by atoms with Gasteiger partial charge in [0.2, 0.25) is 0 Å². The maximum absolute atomic E-state index is 11.8. The fourth-order valence-electron chi connectivity index (χ4n) is 1.13. The molecule has 6 heteroatoms. The van der Waals surface area contributed by atoms with Crippen molar-refractivity contribution in [1.82, 2.24) is 0 Å². The number of unbranched alkanes of at least 4 members (excludes halogenated alkanes) is 1. The normalized spacial score (nSPS) is 18.5. The minimum atomic E-state index is -2.54. The Hall–Kier alpha value is -0.590. The molecule has 0 saturated carbocycles. The molecule has 0 aliphatic rings. The number of aliphatic carboxylic acids is 1. The van der Waals surface area contributed by atoms with Crippen molar-refractivity contribution in [2.45, 2.75) is 45.1 Å². The Balaban J connectivity index is 4.67. The molecule has 5 N–H and O–H groups in total. The minimum Gasteiger partial charge on any atom is -0.480 e. The fraction of sp³-hybridized carbons (Fsp3) is 0.800. The maximum atomic E-state index is 11.8. The Kier molecular flexibility index (Phi) is 5.99. The Morgan fingerprint density at radius 2 is 2.06 bits per heavy atom. The van der Waals surface area contributed by atoms with Crippen molar-refractivity contribution in [2.75, 3.05) is 5.75 Å². The van der Waals surface area contributed by atoms with Crippen LogP contribution in [-0.2, 0) is 14.5 Å². The molecule has 16 heavy (non-hydrogen) atoms. The van der Waals surface area contributed by atoms with E-state index in [-0.39, 0.29) is 12.8 Å². The van der Waals surface area contributed by atoms with Crippen LogP contribution < -0.4 is 10.9 Å². The van der Waals surface area contributed by atoms with E-state index < -0.39 is 21.2 Å². The van der Waals surface area contributed by atoms with Gasteiger partial charge in [0, 0.05) is 21.9 Å². The highest BCUT2D eigenvalue weighted by atomic mass is 32.2. The highest BCUT2D eigenvalue weighted by Gasteiger charge is 2.30. The van der Waals surface area contributed by atoms with Crippen LogP contribution in [0.15, 0.2) is 0 Å². The molecular formula is C10H22N2O3S. The van der Waals surface area contributed by atoms with Gasteiger partial charge in [-0.3, -0.25) is 14.1 Å². The number of nitrogens with two attached hydrogens (primary N) is 2. The van der Waals surface area contributed by atoms with Gasteiger partial charge in [0.15, 0.2) is 0 Å². The second-order valence-corrected chi connectivity index (χ2v) is 6.32. The molecule has 0 aromatic carbocycles. The third-order valence-electron chi connectivity index (χ3n) is 2.60. The second kappa shape index (κ2) is 6.22. The first kappa shape index (κ1) is 15.4. The lowest BCUT2D eigenvalue weighted by Crippen LogP contribution is -2.48. The van der Waals surface area contributed by atoms with E-state index in [2.05, 4.69) is 0 Å². The van der Waals surface area contributed by atoms with E-state index in [0.29, 0.717) is 5.75 Å². The molecule has 0 rings (SSSR count). The molecule has 0 aromatic heterocycles. The lowest BCUT2D eigenvalue weighted by molar-refractivity contribution is -0.143. The van der Waals surface area contributed by atoms with Gasteiger partial charge in [0.05, 0.1) is 0 Å². The summed E-state index contributed by atoms with van der Waals surface area (Å²) in [6.07, 6.45) is 1.99. The monoisotopic (exact) mass is 250 g/mol. The van der Waals surface area contributed by atoms with Crippen molar-refractivity contribution in [2.24, 2.45) is 10.9 Å². The molecule has 1 unspecified atom stereocenters. The number of carbonyl (C=O) groups is 1. The maximum Gasteiger partial charge on any atom is 0.324 e. The van der Waals surface area contributed by atoms with Crippen molar-refractivity contribution in [3.8, 4) is 0 Å². The summed E-state index contributed by atoms with van der Waals surface area (Å²) in [4.78, 5) is 10.9. The SMILES string of the molecule is CCCCS(N)(=O)=CC[C@@](N)(CC)C(=O)O. The highest BCUT2D eigenvalue weighted by molar-refractivity contribution is 7.99. The van der Waals surface area contributed by atoms with E-state index in [4.69, 9.17) is 16.0 Å². The predicted molar refractivity (Wildman–Crippen MR) is 67.6 cm³/mol. The van der Waals surface area contributed by atoms with Crippen molar-refractivity contribution in [1.29, 1.82) is 0 Å². The summed E-state index contributed by atoms with van der Waals surface area (Å²) in [7, 11) is -2.54. The summed E-state index contributed by atoms with van der Waals surface area (Å²) >= 11 is 0. The van der Waals surface area contributed by atoms with Crippen LogP contribution in [0.2, 0.25) is 0 Å². The summed E-state index contributed by atoms with van der Waals surface area (Å²) in [6.45, 7) is 3.67. The molecule has 0 aliphatic heterocycles. The zero-order valence-corrected chi connectivity index (χ0v) is 10.8. The van der Waals surface area contributed by atoms with E-state index in [1.807, 2.05) is 6.92 Å². The Morgan fingerprint density at radius 1 is 1.50 bits per heavy atom. The fourth-order valence-corrected chi connectivity index (χ4v) is 2.61. The molecule has 0 bridgehead atoms. The second-order valence-electron chi connectivity index (χ2n) is 4.02. The molecule has 0 saturated heterocycles. The average Bonchev–Trinajstić information content (AvgIpc) is 2.23. The summed E-state index contributed by atoms with van der Waals surface area (Å²) in [5.41, 5.74) is 4.31. The van der Waals surface area contributed by atoms with E-state index >= 15 is 0 Å². The molecule has 0 heterocycles. The van der Waals surface area contributed by atoms with Gasteiger partial charge in [0.1, 0.15) is 5.54 Å². The molecule has 96 valence electrons. The Labute approximate surface area is 97.3 Å². The van der Waals surface area contributed by atoms with Gasteiger partial charge in [-0.05, 0) is 18.2 Å². The third-order valence-corrected chi connectivity index (χ3v) is 4.26. The van der Waals surface area contributed by atoms with Crippen LogP contribution in [0.4, 0.5) is 0 Å². The standard InChI is InChI=1S/C10H22N2O3S/c1-3-5-7-16(12,15)8-6-10(11,4-2)9(13)14/h8H,3-7,11H2,1-2H3,(H2,12,15)(H,13,14)/t10-,16?/m0/s1. The van der Waals surface area contributed by atoms with Crippen LogP contribution in [0, 0.1) is 0 Å². The largest absolute Gasteiger partial charge is 0.480 e. The van der Waals surface area contributed by atoms with Crippen LogP contribution >= 0.6 is 0 Å². The lowest BCUT2D eigenvalue weighted by Gasteiger charge is -2.21. The van der Waals surface area contributed by atoms with E-state index in [1.165, 1.54) is 5.37 Å². The van der Waals surface area contributed by atoms with Crippen molar-refractivity contribution in [3.63, 3.8) is 0 Å². The predicted octanol–water partition coefficient (Wildman–Crippen LogP) is 0.329. The smallest absolute Gasteiger partial charge is 0.324 e. The summed E-state index contributed by atoms with van der Waals surface area (Å²) < 4.78 is 11.8. The molecular weight excluding hydrogens is 228 g/mol. The first-order chi connectivity index (χ1) is 7.27. The zero-order valence-electron chi connectivity index (χ0n) is 9.94.